The molecule has 150 valence electrons. The Balaban J connectivity index is 1.40. The van der Waals surface area contributed by atoms with Gasteiger partial charge in [0, 0.05) is 18.7 Å². The lowest BCUT2D eigenvalue weighted by Crippen LogP contribution is -2.37. The minimum Gasteiger partial charge on any atom is -0.507 e. The molecule has 0 saturated heterocycles. The Morgan fingerprint density at radius 3 is 2.41 bits per heavy atom. The topological polar surface area (TPSA) is 58.5 Å². The molecule has 3 aromatic rings. The van der Waals surface area contributed by atoms with E-state index in [0.717, 1.165) is 34.2 Å². The first kappa shape index (κ1) is 18.2. The lowest BCUT2D eigenvalue weighted by Gasteiger charge is -2.35. The molecule has 1 unspecified atom stereocenters. The molecular weight excluding hydrogens is 362 g/mol. The number of fused-ring (bicyclic) bond motifs is 3. The van der Waals surface area contributed by atoms with E-state index in [1.165, 1.54) is 32.1 Å². The Morgan fingerprint density at radius 1 is 0.931 bits per heavy atom. The molecule has 0 aliphatic heterocycles. The number of hydrogen-bond donors (Lipinski definition) is 1. The summed E-state index contributed by atoms with van der Waals surface area (Å²) >= 11 is 0. The molecule has 2 aliphatic carbocycles. The zero-order valence-corrected chi connectivity index (χ0v) is 17.0. The van der Waals surface area contributed by atoms with Gasteiger partial charge in [-0.3, -0.25) is 0 Å². The fraction of sp³-hybridized carbons (Fsp3) is 0.417. The number of phenols is 1. The van der Waals surface area contributed by atoms with Crippen molar-refractivity contribution in [3.63, 3.8) is 0 Å². The van der Waals surface area contributed by atoms with Gasteiger partial charge in [0.15, 0.2) is 5.82 Å². The molecule has 2 aliphatic rings. The number of methoxy groups -OCH3 is 1. The maximum Gasteiger partial charge on any atom is 0.151 e. The number of anilines is 1. The van der Waals surface area contributed by atoms with Crippen LogP contribution in [0, 0.1) is 11.8 Å². The number of aromatic hydroxyl groups is 1. The molecule has 2 bridgehead atoms. The van der Waals surface area contributed by atoms with Crippen molar-refractivity contribution < 1.29 is 9.84 Å². The molecule has 5 rings (SSSR count). The Morgan fingerprint density at radius 2 is 1.72 bits per heavy atom. The van der Waals surface area contributed by atoms with Crippen LogP contribution in [-0.2, 0) is 0 Å². The van der Waals surface area contributed by atoms with Crippen molar-refractivity contribution in [2.24, 2.45) is 11.8 Å². The molecule has 0 amide bonds. The van der Waals surface area contributed by atoms with Gasteiger partial charge in [0.1, 0.15) is 11.5 Å². The SMILES string of the molecule is COc1ccc2cc(-c3ccc(N(C)[C@H]4CC5CC[C@@H](C5)C4)nn3)c(O)cc2c1. The molecule has 2 fully saturated rings. The Hall–Kier alpha value is -2.82. The third kappa shape index (κ3) is 3.39. The van der Waals surface area contributed by atoms with Crippen molar-refractivity contribution >= 4 is 16.6 Å². The normalized spacial score (nSPS) is 23.3. The summed E-state index contributed by atoms with van der Waals surface area (Å²) in [5.41, 5.74) is 1.38. The summed E-state index contributed by atoms with van der Waals surface area (Å²) in [6.07, 6.45) is 6.75. The first-order valence-corrected chi connectivity index (χ1v) is 10.5. The first-order chi connectivity index (χ1) is 14.1. The summed E-state index contributed by atoms with van der Waals surface area (Å²) in [5.74, 6) is 3.66. The second kappa shape index (κ2) is 7.21. The number of nitrogens with zero attached hydrogens (tertiary/aromatic N) is 3. The van der Waals surface area contributed by atoms with E-state index in [1.807, 2.05) is 36.4 Å². The van der Waals surface area contributed by atoms with Gasteiger partial charge < -0.3 is 14.7 Å². The summed E-state index contributed by atoms with van der Waals surface area (Å²) in [6.45, 7) is 0. The van der Waals surface area contributed by atoms with Crippen LogP contribution in [0.15, 0.2) is 42.5 Å². The van der Waals surface area contributed by atoms with Crippen LogP contribution in [0.2, 0.25) is 0 Å². The molecule has 0 spiro atoms. The molecule has 1 heterocycles. The number of hydrogen-bond acceptors (Lipinski definition) is 5. The average Bonchev–Trinajstić information content (AvgIpc) is 3.09. The molecule has 1 aromatic heterocycles. The Kier molecular flexibility index (Phi) is 4.53. The van der Waals surface area contributed by atoms with Crippen LogP contribution in [0.4, 0.5) is 5.82 Å². The van der Waals surface area contributed by atoms with Crippen molar-refractivity contribution in [1.29, 1.82) is 0 Å². The van der Waals surface area contributed by atoms with Gasteiger partial charge in [-0.1, -0.05) is 18.9 Å². The lowest BCUT2D eigenvalue weighted by molar-refractivity contribution is 0.312. The van der Waals surface area contributed by atoms with E-state index in [4.69, 9.17) is 4.74 Å². The van der Waals surface area contributed by atoms with Gasteiger partial charge in [0.2, 0.25) is 0 Å². The number of benzene rings is 2. The van der Waals surface area contributed by atoms with Crippen molar-refractivity contribution in [3.05, 3.63) is 42.5 Å². The zero-order valence-electron chi connectivity index (χ0n) is 17.0. The first-order valence-electron chi connectivity index (χ1n) is 10.5. The van der Waals surface area contributed by atoms with Crippen molar-refractivity contribution in [3.8, 4) is 22.8 Å². The van der Waals surface area contributed by atoms with Crippen LogP contribution < -0.4 is 9.64 Å². The van der Waals surface area contributed by atoms with Gasteiger partial charge in [-0.2, -0.15) is 0 Å². The van der Waals surface area contributed by atoms with Gasteiger partial charge in [-0.05, 0) is 78.3 Å². The van der Waals surface area contributed by atoms with Crippen LogP contribution in [0.1, 0.15) is 32.1 Å². The van der Waals surface area contributed by atoms with E-state index >= 15 is 0 Å². The highest BCUT2D eigenvalue weighted by Crippen LogP contribution is 2.44. The average molecular weight is 389 g/mol. The lowest BCUT2D eigenvalue weighted by atomic mass is 9.85. The summed E-state index contributed by atoms with van der Waals surface area (Å²) in [4.78, 5) is 2.30. The predicted molar refractivity (Wildman–Crippen MR) is 115 cm³/mol. The highest BCUT2D eigenvalue weighted by atomic mass is 16.5. The number of aromatic nitrogens is 2. The second-order valence-corrected chi connectivity index (χ2v) is 8.64. The minimum atomic E-state index is 0.199. The standard InChI is InChI=1S/C24H27N3O2/c1-27(19-10-15-3-4-16(9-15)11-19)24-8-7-22(25-26-24)21-13-17-5-6-20(29-2)12-18(17)14-23(21)28/h5-8,12-16,19,28H,3-4,9-11H2,1-2H3/t15-,16?,19+/m0/s1. The summed E-state index contributed by atoms with van der Waals surface area (Å²) < 4.78 is 5.27. The van der Waals surface area contributed by atoms with Gasteiger partial charge in [0.05, 0.1) is 12.8 Å². The summed E-state index contributed by atoms with van der Waals surface area (Å²) in [5, 5.41) is 21.5. The third-order valence-electron chi connectivity index (χ3n) is 6.86. The van der Waals surface area contributed by atoms with Crippen LogP contribution in [0.5, 0.6) is 11.5 Å². The molecular formula is C24H27N3O2. The Bertz CT molecular complexity index is 1020. The molecule has 3 atom stereocenters. The van der Waals surface area contributed by atoms with Gasteiger partial charge in [-0.15, -0.1) is 10.2 Å². The molecule has 5 nitrogen and oxygen atoms in total. The highest BCUT2D eigenvalue weighted by molar-refractivity contribution is 5.90. The largest absolute Gasteiger partial charge is 0.507 e. The summed E-state index contributed by atoms with van der Waals surface area (Å²) in [6, 6.07) is 14.1. The third-order valence-corrected chi connectivity index (χ3v) is 6.86. The van der Waals surface area contributed by atoms with Crippen LogP contribution in [0.3, 0.4) is 0 Å². The maximum atomic E-state index is 10.6. The molecule has 1 N–H and O–H groups in total. The molecule has 2 saturated carbocycles. The van der Waals surface area contributed by atoms with Crippen molar-refractivity contribution in [2.75, 3.05) is 19.1 Å². The molecule has 5 heteroatoms. The molecule has 29 heavy (non-hydrogen) atoms. The quantitative estimate of drug-likeness (QED) is 0.678. The van der Waals surface area contributed by atoms with Gasteiger partial charge >= 0.3 is 0 Å². The molecule has 2 aromatic carbocycles. The van der Waals surface area contributed by atoms with E-state index in [2.05, 4.69) is 22.1 Å². The fourth-order valence-corrected chi connectivity index (χ4v) is 5.23. The number of phenolic OH excluding ortho intramolecular Hbond substituents is 1. The zero-order chi connectivity index (χ0) is 20.0. The molecule has 0 radical (unpaired) electrons. The van der Waals surface area contributed by atoms with E-state index in [9.17, 15) is 5.11 Å². The van der Waals surface area contributed by atoms with Crippen LogP contribution in [0.25, 0.3) is 22.0 Å². The number of ether oxygens (including phenoxy) is 1. The highest BCUT2D eigenvalue weighted by Gasteiger charge is 2.36. The van der Waals surface area contributed by atoms with Crippen LogP contribution >= 0.6 is 0 Å². The fourth-order valence-electron chi connectivity index (χ4n) is 5.23. The van der Waals surface area contributed by atoms with Crippen molar-refractivity contribution in [1.82, 2.24) is 10.2 Å². The van der Waals surface area contributed by atoms with Crippen molar-refractivity contribution in [2.45, 2.75) is 38.1 Å². The van der Waals surface area contributed by atoms with Gasteiger partial charge in [-0.25, -0.2) is 0 Å². The second-order valence-electron chi connectivity index (χ2n) is 8.64. The van der Waals surface area contributed by atoms with E-state index in [0.29, 0.717) is 17.3 Å². The van der Waals surface area contributed by atoms with Gasteiger partial charge in [0.25, 0.3) is 0 Å². The summed E-state index contributed by atoms with van der Waals surface area (Å²) in [7, 11) is 3.78. The monoisotopic (exact) mass is 389 g/mol. The number of rotatable bonds is 4. The maximum absolute atomic E-state index is 10.6. The van der Waals surface area contributed by atoms with E-state index in [1.54, 1.807) is 13.2 Å². The van der Waals surface area contributed by atoms with E-state index < -0.39 is 0 Å². The Labute approximate surface area is 171 Å². The van der Waals surface area contributed by atoms with E-state index in [-0.39, 0.29) is 5.75 Å². The minimum absolute atomic E-state index is 0.199. The smallest absolute Gasteiger partial charge is 0.151 e. The predicted octanol–water partition coefficient (Wildman–Crippen LogP) is 5.03. The van der Waals surface area contributed by atoms with Crippen LogP contribution in [-0.4, -0.2) is 35.5 Å².